The molecule has 96 valence electrons. The van der Waals surface area contributed by atoms with E-state index in [1.165, 1.54) is 12.1 Å². The van der Waals surface area contributed by atoms with Crippen LogP contribution in [0.2, 0.25) is 0 Å². The van der Waals surface area contributed by atoms with Crippen LogP contribution >= 0.6 is 12.2 Å². The Bertz CT molecular complexity index is 582. The topological polar surface area (TPSA) is 64.2 Å². The molecule has 0 bridgehead atoms. The van der Waals surface area contributed by atoms with Gasteiger partial charge in [-0.1, -0.05) is 30.3 Å². The minimum Gasteiger partial charge on any atom is -0.545 e. The van der Waals surface area contributed by atoms with Gasteiger partial charge in [0.1, 0.15) is 0 Å². The number of para-hydroxylation sites is 1. The van der Waals surface area contributed by atoms with Crippen LogP contribution in [-0.2, 0) is 0 Å². The molecule has 0 aliphatic carbocycles. The summed E-state index contributed by atoms with van der Waals surface area (Å²) in [5, 5.41) is 17.0. The van der Waals surface area contributed by atoms with Crippen molar-refractivity contribution in [1.29, 1.82) is 0 Å². The molecular formula is C14H11N2O2S-. The highest BCUT2D eigenvalue weighted by atomic mass is 32.1. The fourth-order valence-electron chi connectivity index (χ4n) is 1.50. The molecule has 0 unspecified atom stereocenters. The molecule has 0 amide bonds. The number of aromatic carboxylic acids is 1. The zero-order valence-electron chi connectivity index (χ0n) is 9.92. The number of carboxylic acid groups (broad SMARTS) is 1. The molecule has 2 aromatic rings. The number of rotatable bonds is 3. The van der Waals surface area contributed by atoms with E-state index in [1.54, 1.807) is 12.1 Å². The minimum atomic E-state index is -1.20. The number of thiocarbonyl (C=S) groups is 1. The van der Waals surface area contributed by atoms with Gasteiger partial charge in [-0.2, -0.15) is 0 Å². The van der Waals surface area contributed by atoms with E-state index in [1.807, 2.05) is 30.3 Å². The Hall–Kier alpha value is -2.40. The first-order valence-corrected chi connectivity index (χ1v) is 6.00. The number of hydrogen-bond acceptors (Lipinski definition) is 3. The molecule has 0 aliphatic rings. The zero-order valence-corrected chi connectivity index (χ0v) is 10.7. The van der Waals surface area contributed by atoms with Crippen molar-refractivity contribution in [1.82, 2.24) is 0 Å². The van der Waals surface area contributed by atoms with Crippen LogP contribution in [0.1, 0.15) is 10.4 Å². The molecule has 4 nitrogen and oxygen atoms in total. The van der Waals surface area contributed by atoms with Gasteiger partial charge >= 0.3 is 0 Å². The Balaban J connectivity index is 1.97. The summed E-state index contributed by atoms with van der Waals surface area (Å²) in [7, 11) is 0. The van der Waals surface area contributed by atoms with E-state index in [2.05, 4.69) is 10.6 Å². The predicted molar refractivity (Wildman–Crippen MR) is 77.1 cm³/mol. The normalized spacial score (nSPS) is 9.68. The number of carbonyl (C=O) groups excluding carboxylic acids is 1. The summed E-state index contributed by atoms with van der Waals surface area (Å²) in [6, 6.07) is 15.7. The maximum absolute atomic E-state index is 10.6. The fourth-order valence-corrected chi connectivity index (χ4v) is 1.74. The number of anilines is 2. The molecule has 0 atom stereocenters. The van der Waals surface area contributed by atoms with Gasteiger partial charge in [0, 0.05) is 11.4 Å². The lowest BCUT2D eigenvalue weighted by Gasteiger charge is -2.11. The molecule has 0 aliphatic heterocycles. The number of benzene rings is 2. The van der Waals surface area contributed by atoms with Crippen molar-refractivity contribution in [3.63, 3.8) is 0 Å². The lowest BCUT2D eigenvalue weighted by molar-refractivity contribution is -0.255. The molecule has 2 rings (SSSR count). The molecule has 0 fully saturated rings. The molecule has 19 heavy (non-hydrogen) atoms. The third-order valence-corrected chi connectivity index (χ3v) is 2.61. The Morgan fingerprint density at radius 1 is 0.895 bits per heavy atom. The largest absolute Gasteiger partial charge is 0.545 e. The van der Waals surface area contributed by atoms with E-state index in [-0.39, 0.29) is 5.56 Å². The van der Waals surface area contributed by atoms with E-state index < -0.39 is 5.97 Å². The van der Waals surface area contributed by atoms with Gasteiger partial charge in [0.2, 0.25) is 0 Å². The maximum Gasteiger partial charge on any atom is 0.175 e. The summed E-state index contributed by atoms with van der Waals surface area (Å²) in [5.41, 5.74) is 1.72. The first-order valence-electron chi connectivity index (χ1n) is 5.59. The second-order valence-corrected chi connectivity index (χ2v) is 4.22. The van der Waals surface area contributed by atoms with Crippen LogP contribution in [0.25, 0.3) is 0 Å². The summed E-state index contributed by atoms with van der Waals surface area (Å²) >= 11 is 5.15. The molecule has 2 N–H and O–H groups in total. The van der Waals surface area contributed by atoms with Crippen LogP contribution in [0.3, 0.4) is 0 Å². The molecule has 5 heteroatoms. The Morgan fingerprint density at radius 2 is 1.42 bits per heavy atom. The highest BCUT2D eigenvalue weighted by Gasteiger charge is 1.99. The van der Waals surface area contributed by atoms with Gasteiger partial charge in [-0.05, 0) is 42.0 Å². The SMILES string of the molecule is O=C([O-])c1ccc(NC(=S)Nc2ccccc2)cc1. The average molecular weight is 271 g/mol. The van der Waals surface area contributed by atoms with Gasteiger partial charge in [0.25, 0.3) is 0 Å². The summed E-state index contributed by atoms with van der Waals surface area (Å²) in [5.74, 6) is -1.20. The lowest BCUT2D eigenvalue weighted by Crippen LogP contribution is -2.22. The second kappa shape index (κ2) is 5.97. The van der Waals surface area contributed by atoms with Crippen molar-refractivity contribution >= 4 is 34.7 Å². The third-order valence-electron chi connectivity index (χ3n) is 2.41. The average Bonchev–Trinajstić information content (AvgIpc) is 2.40. The van der Waals surface area contributed by atoms with Gasteiger partial charge in [-0.15, -0.1) is 0 Å². The van der Waals surface area contributed by atoms with Crippen molar-refractivity contribution in [2.75, 3.05) is 10.6 Å². The molecule has 0 heterocycles. The third kappa shape index (κ3) is 3.79. The first kappa shape index (κ1) is 13.0. The van der Waals surface area contributed by atoms with Crippen LogP contribution < -0.4 is 15.7 Å². The highest BCUT2D eigenvalue weighted by molar-refractivity contribution is 7.80. The number of hydrogen-bond donors (Lipinski definition) is 2. The first-order chi connectivity index (χ1) is 9.15. The van der Waals surface area contributed by atoms with Crippen molar-refractivity contribution in [3.05, 3.63) is 60.2 Å². The van der Waals surface area contributed by atoms with Gasteiger partial charge in [0.15, 0.2) is 5.11 Å². The molecule has 0 saturated heterocycles. The van der Waals surface area contributed by atoms with Crippen LogP contribution in [0.4, 0.5) is 11.4 Å². The molecule has 0 saturated carbocycles. The van der Waals surface area contributed by atoms with Crippen LogP contribution in [0.15, 0.2) is 54.6 Å². The van der Waals surface area contributed by atoms with Gasteiger partial charge < -0.3 is 20.5 Å². The molecule has 0 aromatic heterocycles. The summed E-state index contributed by atoms with van der Waals surface area (Å²) < 4.78 is 0. The molecule has 0 spiro atoms. The fraction of sp³-hybridized carbons (Fsp3) is 0. The number of nitrogens with one attached hydrogen (secondary N) is 2. The molecular weight excluding hydrogens is 260 g/mol. The van der Waals surface area contributed by atoms with E-state index in [0.29, 0.717) is 10.8 Å². The minimum absolute atomic E-state index is 0.132. The van der Waals surface area contributed by atoms with E-state index >= 15 is 0 Å². The summed E-state index contributed by atoms with van der Waals surface area (Å²) in [6.45, 7) is 0. The van der Waals surface area contributed by atoms with Crippen molar-refractivity contribution in [2.24, 2.45) is 0 Å². The number of carbonyl (C=O) groups is 1. The smallest absolute Gasteiger partial charge is 0.175 e. The van der Waals surface area contributed by atoms with Crippen molar-refractivity contribution < 1.29 is 9.90 Å². The Kier molecular flexibility index (Phi) is 4.10. The molecule has 2 aromatic carbocycles. The van der Waals surface area contributed by atoms with Crippen LogP contribution in [0.5, 0.6) is 0 Å². The summed E-state index contributed by atoms with van der Waals surface area (Å²) in [6.07, 6.45) is 0. The van der Waals surface area contributed by atoms with Crippen molar-refractivity contribution in [3.8, 4) is 0 Å². The standard InChI is InChI=1S/C14H12N2O2S/c17-13(18)10-6-8-12(9-7-10)16-14(19)15-11-4-2-1-3-5-11/h1-9H,(H,17,18)(H2,15,16,19)/p-1. The predicted octanol–water partition coefficient (Wildman–Crippen LogP) is 1.86. The van der Waals surface area contributed by atoms with Crippen molar-refractivity contribution in [2.45, 2.75) is 0 Å². The summed E-state index contributed by atoms with van der Waals surface area (Å²) in [4.78, 5) is 10.6. The highest BCUT2D eigenvalue weighted by Crippen LogP contribution is 2.11. The van der Waals surface area contributed by atoms with E-state index in [0.717, 1.165) is 5.69 Å². The van der Waals surface area contributed by atoms with Crippen LogP contribution in [-0.4, -0.2) is 11.1 Å². The zero-order chi connectivity index (χ0) is 13.7. The monoisotopic (exact) mass is 271 g/mol. The van der Waals surface area contributed by atoms with Gasteiger partial charge in [-0.25, -0.2) is 0 Å². The van der Waals surface area contributed by atoms with Gasteiger partial charge in [0.05, 0.1) is 5.97 Å². The second-order valence-electron chi connectivity index (χ2n) is 3.81. The van der Waals surface area contributed by atoms with E-state index in [4.69, 9.17) is 12.2 Å². The quantitative estimate of drug-likeness (QED) is 0.834. The van der Waals surface area contributed by atoms with Crippen LogP contribution in [0, 0.1) is 0 Å². The number of carboxylic acids is 1. The Labute approximate surface area is 116 Å². The van der Waals surface area contributed by atoms with E-state index in [9.17, 15) is 9.90 Å². The lowest BCUT2D eigenvalue weighted by atomic mass is 10.2. The molecule has 0 radical (unpaired) electrons. The Morgan fingerprint density at radius 3 is 1.95 bits per heavy atom. The maximum atomic E-state index is 10.6. The van der Waals surface area contributed by atoms with Gasteiger partial charge in [-0.3, -0.25) is 0 Å².